The summed E-state index contributed by atoms with van der Waals surface area (Å²) in [5.74, 6) is 0.278. The molecule has 1 aromatic heterocycles. The van der Waals surface area contributed by atoms with Crippen molar-refractivity contribution in [3.63, 3.8) is 0 Å². The Hall–Kier alpha value is -2.29. The molecule has 0 aliphatic heterocycles. The Labute approximate surface area is 107 Å². The third kappa shape index (κ3) is 3.10. The summed E-state index contributed by atoms with van der Waals surface area (Å²) in [6.45, 7) is 0. The monoisotopic (exact) mass is 240 g/mol. The van der Waals surface area contributed by atoms with Gasteiger partial charge in [0.2, 0.25) is 0 Å². The molecule has 0 spiro atoms. The normalized spacial score (nSPS) is 10.8. The first kappa shape index (κ1) is 12.2. The Morgan fingerprint density at radius 1 is 1.00 bits per heavy atom. The first-order chi connectivity index (χ1) is 8.65. The number of hydrogen-bond acceptors (Lipinski definition) is 3. The second kappa shape index (κ2) is 5.36. The van der Waals surface area contributed by atoms with Crippen LogP contribution in [-0.4, -0.2) is 24.2 Å². The quantitative estimate of drug-likeness (QED) is 0.895. The summed E-state index contributed by atoms with van der Waals surface area (Å²) >= 11 is 0. The second-order valence-electron chi connectivity index (χ2n) is 4.26. The van der Waals surface area contributed by atoms with Crippen molar-refractivity contribution in [3.05, 3.63) is 53.9 Å². The number of phenols is 1. The largest absolute Gasteiger partial charge is 0.508 e. The fraction of sp³-hybridized carbons (Fsp3) is 0.133. The van der Waals surface area contributed by atoms with E-state index in [0.29, 0.717) is 0 Å². The summed E-state index contributed by atoms with van der Waals surface area (Å²) in [6.07, 6.45) is 5.76. The van der Waals surface area contributed by atoms with E-state index in [1.807, 2.05) is 61.6 Å². The molecule has 0 saturated heterocycles. The topological polar surface area (TPSA) is 36.4 Å². The molecule has 0 unspecified atom stereocenters. The molecule has 0 bridgehead atoms. The van der Waals surface area contributed by atoms with Gasteiger partial charge in [-0.05, 0) is 35.9 Å². The number of benzene rings is 1. The number of phenolic OH excluding ortho intramolecular Hbond substituents is 1. The van der Waals surface area contributed by atoms with E-state index in [9.17, 15) is 5.11 Å². The molecule has 0 fully saturated rings. The van der Waals surface area contributed by atoms with Crippen LogP contribution < -0.4 is 4.90 Å². The van der Waals surface area contributed by atoms with E-state index in [0.717, 1.165) is 16.9 Å². The van der Waals surface area contributed by atoms with Crippen molar-refractivity contribution in [2.75, 3.05) is 19.0 Å². The molecule has 18 heavy (non-hydrogen) atoms. The second-order valence-corrected chi connectivity index (χ2v) is 4.26. The first-order valence-corrected chi connectivity index (χ1v) is 5.75. The van der Waals surface area contributed by atoms with E-state index in [-0.39, 0.29) is 5.75 Å². The average molecular weight is 240 g/mol. The summed E-state index contributed by atoms with van der Waals surface area (Å²) in [7, 11) is 3.98. The number of nitrogens with zero attached hydrogens (tertiary/aromatic N) is 2. The molecule has 1 N–H and O–H groups in total. The van der Waals surface area contributed by atoms with Gasteiger partial charge in [-0.15, -0.1) is 0 Å². The van der Waals surface area contributed by atoms with Crippen LogP contribution in [0.15, 0.2) is 42.6 Å². The molecule has 1 aromatic carbocycles. The Bertz CT molecular complexity index is 527. The van der Waals surface area contributed by atoms with Gasteiger partial charge in [-0.1, -0.05) is 18.2 Å². The third-order valence-corrected chi connectivity index (χ3v) is 2.63. The predicted molar refractivity (Wildman–Crippen MR) is 75.6 cm³/mol. The van der Waals surface area contributed by atoms with Crippen molar-refractivity contribution in [2.45, 2.75) is 0 Å². The van der Waals surface area contributed by atoms with Gasteiger partial charge in [0.25, 0.3) is 0 Å². The van der Waals surface area contributed by atoms with Crippen molar-refractivity contribution in [1.82, 2.24) is 4.98 Å². The van der Waals surface area contributed by atoms with E-state index >= 15 is 0 Å². The molecule has 0 atom stereocenters. The molecule has 0 radical (unpaired) electrons. The van der Waals surface area contributed by atoms with Gasteiger partial charge in [0, 0.05) is 14.1 Å². The third-order valence-electron chi connectivity index (χ3n) is 2.63. The molecular weight excluding hydrogens is 224 g/mol. The van der Waals surface area contributed by atoms with Crippen LogP contribution in [0.3, 0.4) is 0 Å². The highest BCUT2D eigenvalue weighted by atomic mass is 16.3. The van der Waals surface area contributed by atoms with Crippen LogP contribution in [-0.2, 0) is 0 Å². The van der Waals surface area contributed by atoms with Crippen molar-refractivity contribution in [1.29, 1.82) is 0 Å². The lowest BCUT2D eigenvalue weighted by Gasteiger charge is -2.10. The fourth-order valence-corrected chi connectivity index (χ4v) is 1.53. The molecule has 92 valence electrons. The van der Waals surface area contributed by atoms with Gasteiger partial charge in [0.1, 0.15) is 5.75 Å². The molecule has 0 aliphatic carbocycles. The van der Waals surface area contributed by atoms with Gasteiger partial charge in [-0.2, -0.15) is 0 Å². The Kier molecular flexibility index (Phi) is 3.63. The molecule has 0 amide bonds. The lowest BCUT2D eigenvalue weighted by atomic mass is 10.2. The maximum Gasteiger partial charge on any atom is 0.115 e. The zero-order chi connectivity index (χ0) is 13.0. The summed E-state index contributed by atoms with van der Waals surface area (Å²) in [4.78, 5) is 6.37. The molecule has 2 rings (SSSR count). The van der Waals surface area contributed by atoms with Crippen molar-refractivity contribution in [2.24, 2.45) is 0 Å². The van der Waals surface area contributed by atoms with Crippen molar-refractivity contribution >= 4 is 17.8 Å². The summed E-state index contributed by atoms with van der Waals surface area (Å²) in [5.41, 5.74) is 3.02. The zero-order valence-electron chi connectivity index (χ0n) is 10.5. The first-order valence-electron chi connectivity index (χ1n) is 5.75. The molecule has 3 heteroatoms. The molecule has 3 nitrogen and oxygen atoms in total. The highest BCUT2D eigenvalue weighted by Gasteiger charge is 1.95. The fourth-order valence-electron chi connectivity index (χ4n) is 1.53. The number of aromatic hydroxyl groups is 1. The number of anilines is 1. The van der Waals surface area contributed by atoms with E-state index in [1.165, 1.54) is 0 Å². The highest BCUT2D eigenvalue weighted by Crippen LogP contribution is 2.14. The number of pyridine rings is 1. The molecular formula is C15H16N2O. The van der Waals surface area contributed by atoms with Gasteiger partial charge in [-0.3, -0.25) is 4.98 Å². The predicted octanol–water partition coefficient (Wildman–Crippen LogP) is 3.02. The SMILES string of the molecule is CN(C)c1ccc(/C=C/c2ccc(O)cc2)nc1. The molecule has 1 heterocycles. The standard InChI is InChI=1S/C15H16N2O/c1-17(2)14-8-7-13(16-11-14)6-3-12-4-9-15(18)10-5-12/h3-11,18H,1-2H3/b6-3+. The Balaban J connectivity index is 2.11. The van der Waals surface area contributed by atoms with Crippen LogP contribution in [0.4, 0.5) is 5.69 Å². The number of hydrogen-bond donors (Lipinski definition) is 1. The minimum Gasteiger partial charge on any atom is -0.508 e. The van der Waals surface area contributed by atoms with Crippen molar-refractivity contribution < 1.29 is 5.11 Å². The zero-order valence-corrected chi connectivity index (χ0v) is 10.5. The van der Waals surface area contributed by atoms with Crippen LogP contribution in [0, 0.1) is 0 Å². The van der Waals surface area contributed by atoms with E-state index in [1.54, 1.807) is 12.1 Å². The summed E-state index contributed by atoms with van der Waals surface area (Å²) < 4.78 is 0. The smallest absolute Gasteiger partial charge is 0.115 e. The molecule has 0 aliphatic rings. The molecule has 0 saturated carbocycles. The van der Waals surface area contributed by atoms with Gasteiger partial charge >= 0.3 is 0 Å². The van der Waals surface area contributed by atoms with Crippen LogP contribution in [0.5, 0.6) is 5.75 Å². The van der Waals surface area contributed by atoms with E-state index in [4.69, 9.17) is 0 Å². The van der Waals surface area contributed by atoms with Crippen LogP contribution in [0.1, 0.15) is 11.3 Å². The van der Waals surface area contributed by atoms with Crippen molar-refractivity contribution in [3.8, 4) is 5.75 Å². The minimum atomic E-state index is 0.278. The van der Waals surface area contributed by atoms with Crippen LogP contribution >= 0.6 is 0 Å². The van der Waals surface area contributed by atoms with Crippen LogP contribution in [0.2, 0.25) is 0 Å². The maximum absolute atomic E-state index is 9.18. The highest BCUT2D eigenvalue weighted by molar-refractivity contribution is 5.68. The number of rotatable bonds is 3. The molecule has 2 aromatic rings. The van der Waals surface area contributed by atoms with E-state index < -0.39 is 0 Å². The van der Waals surface area contributed by atoms with Gasteiger partial charge in [-0.25, -0.2) is 0 Å². The lowest BCUT2D eigenvalue weighted by Crippen LogP contribution is -2.08. The maximum atomic E-state index is 9.18. The average Bonchev–Trinajstić information content (AvgIpc) is 2.38. The summed E-state index contributed by atoms with van der Waals surface area (Å²) in [5, 5.41) is 9.18. The Morgan fingerprint density at radius 2 is 1.72 bits per heavy atom. The number of aromatic nitrogens is 1. The minimum absolute atomic E-state index is 0.278. The van der Waals surface area contributed by atoms with Gasteiger partial charge in [0.05, 0.1) is 17.6 Å². The van der Waals surface area contributed by atoms with Crippen LogP contribution in [0.25, 0.3) is 12.2 Å². The lowest BCUT2D eigenvalue weighted by molar-refractivity contribution is 0.475. The van der Waals surface area contributed by atoms with Gasteiger partial charge in [0.15, 0.2) is 0 Å². The Morgan fingerprint density at radius 3 is 2.28 bits per heavy atom. The summed E-state index contributed by atoms with van der Waals surface area (Å²) in [6, 6.07) is 11.1. The van der Waals surface area contributed by atoms with Gasteiger partial charge < -0.3 is 10.0 Å². The van der Waals surface area contributed by atoms with E-state index in [2.05, 4.69) is 4.98 Å².